The first-order valence-electron chi connectivity index (χ1n) is 0.456. The first-order chi connectivity index (χ1) is 1.73. The second kappa shape index (κ2) is 1.84. The predicted molar refractivity (Wildman–Crippen MR) is 8.92 cm³/mol. The van der Waals surface area contributed by atoms with Gasteiger partial charge >= 0.3 is 35.3 Å². The number of hydrogen-bond acceptors (Lipinski definition) is 2. The van der Waals surface area contributed by atoms with Gasteiger partial charge in [0.15, 0.2) is 0 Å². The van der Waals surface area contributed by atoms with Crippen molar-refractivity contribution in [3.63, 3.8) is 0 Å². The normalized spacial score (nSPS) is 6.50. The molecule has 0 aliphatic heterocycles. The molecule has 0 atom stereocenters. The van der Waals surface area contributed by atoms with E-state index >= 15 is 0 Å². The standard InChI is InChI=1S/Ag.O2S/c;1-3-2. The van der Waals surface area contributed by atoms with E-state index in [0.717, 1.165) is 0 Å². The Balaban J connectivity index is 4.65. The molecule has 0 rings (SSSR count). The summed E-state index contributed by atoms with van der Waals surface area (Å²) in [4.78, 5) is 0. The van der Waals surface area contributed by atoms with Crippen LogP contribution >= 0.6 is 0 Å². The molecular weight excluding hydrogens is 172 g/mol. The molecule has 29 valence electrons. The zero-order valence-corrected chi connectivity index (χ0v) is 3.83. The van der Waals surface area contributed by atoms with E-state index in [9.17, 15) is 0 Å². The Morgan fingerprint density at radius 1 is 1.50 bits per heavy atom. The number of rotatable bonds is 0. The molecule has 0 saturated heterocycles. The van der Waals surface area contributed by atoms with Gasteiger partial charge in [0.25, 0.3) is 0 Å². The van der Waals surface area contributed by atoms with Crippen molar-refractivity contribution in [3.8, 4) is 0 Å². The zero-order valence-electron chi connectivity index (χ0n) is 1.53. The van der Waals surface area contributed by atoms with Crippen LogP contribution in [0.1, 0.15) is 0 Å². The van der Waals surface area contributed by atoms with Crippen LogP contribution in [-0.4, -0.2) is 8.42 Å². The molecule has 4 heteroatoms. The van der Waals surface area contributed by atoms with Crippen molar-refractivity contribution in [1.82, 2.24) is 0 Å². The van der Waals surface area contributed by atoms with Crippen LogP contribution in [0.25, 0.3) is 0 Å². The van der Waals surface area contributed by atoms with Crippen molar-refractivity contribution in [2.45, 2.75) is 0 Å². The fourth-order valence-electron chi connectivity index (χ4n) is 0. The van der Waals surface area contributed by atoms with Gasteiger partial charge in [-0.1, -0.05) is 0 Å². The van der Waals surface area contributed by atoms with Crippen LogP contribution in [0.2, 0.25) is 0 Å². The van der Waals surface area contributed by atoms with E-state index in [4.69, 9.17) is 8.42 Å². The average Bonchev–Trinajstić information content (AvgIpc) is 0.811. The molecular formula is AgO2S. The van der Waals surface area contributed by atoms with Crippen LogP contribution in [0.4, 0.5) is 0 Å². The summed E-state index contributed by atoms with van der Waals surface area (Å²) < 4.78 is 17.8. The van der Waals surface area contributed by atoms with E-state index in [-0.39, 0.29) is 0 Å². The topological polar surface area (TPSA) is 34.1 Å². The molecule has 0 radical (unpaired) electrons. The summed E-state index contributed by atoms with van der Waals surface area (Å²) in [6.45, 7) is 0. The van der Waals surface area contributed by atoms with Crippen LogP contribution in [0, 0.1) is 0 Å². The van der Waals surface area contributed by atoms with Gasteiger partial charge in [-0.05, 0) is 0 Å². The van der Waals surface area contributed by atoms with E-state index in [0.29, 0.717) is 0 Å². The second-order valence-corrected chi connectivity index (χ2v) is 1.99. The van der Waals surface area contributed by atoms with Crippen molar-refractivity contribution >= 4 is 7.65 Å². The molecule has 2 nitrogen and oxygen atoms in total. The third-order valence-electron chi connectivity index (χ3n) is 0. The molecule has 0 fully saturated rings. The first kappa shape index (κ1) is 4.56. The van der Waals surface area contributed by atoms with E-state index in [2.05, 4.69) is 19.2 Å². The summed E-state index contributed by atoms with van der Waals surface area (Å²) in [5.74, 6) is 0. The fraction of sp³-hybridized carbons (Fsp3) is 0. The maximum atomic E-state index is 8.92. The van der Waals surface area contributed by atoms with Crippen LogP contribution in [0.15, 0.2) is 0 Å². The third kappa shape index (κ3) is 19.9. The molecule has 0 unspecified atom stereocenters. The molecule has 0 aliphatic carbocycles. The zero-order chi connectivity index (χ0) is 3.58. The van der Waals surface area contributed by atoms with Gasteiger partial charge in [-0.15, -0.1) is 0 Å². The van der Waals surface area contributed by atoms with Gasteiger partial charge in [0.1, 0.15) is 0 Å². The summed E-state index contributed by atoms with van der Waals surface area (Å²) in [6.07, 6.45) is 0. The molecule has 0 aromatic carbocycles. The Bertz CT molecular complexity index is 75.4. The SMILES string of the molecule is O=[S](=O)=[Ag]. The quantitative estimate of drug-likeness (QED) is 0.454. The predicted octanol–water partition coefficient (Wildman–Crippen LogP) is -0.673. The van der Waals surface area contributed by atoms with Crippen LogP contribution in [0.3, 0.4) is 0 Å². The maximum absolute atomic E-state index is 8.92. The van der Waals surface area contributed by atoms with E-state index in [1.807, 2.05) is 0 Å². The molecule has 0 aromatic rings. The first-order valence-corrected chi connectivity index (χ1v) is 3.18. The van der Waals surface area contributed by atoms with Gasteiger partial charge in [0, 0.05) is 0 Å². The molecule has 4 heavy (non-hydrogen) atoms. The Morgan fingerprint density at radius 3 is 1.50 bits per heavy atom. The molecule has 0 N–H and O–H groups in total. The van der Waals surface area contributed by atoms with Gasteiger partial charge in [-0.2, -0.15) is 0 Å². The van der Waals surface area contributed by atoms with Gasteiger partial charge < -0.3 is 0 Å². The monoisotopic (exact) mass is 171 g/mol. The Morgan fingerprint density at radius 2 is 1.50 bits per heavy atom. The summed E-state index contributed by atoms with van der Waals surface area (Å²) >= 11 is 2.20. The molecule has 0 bridgehead atoms. The van der Waals surface area contributed by atoms with Gasteiger partial charge in [0.05, 0.1) is 0 Å². The van der Waals surface area contributed by atoms with Crippen molar-refractivity contribution in [2.75, 3.05) is 0 Å². The molecule has 0 aromatic heterocycles. The van der Waals surface area contributed by atoms with Crippen LogP contribution < -0.4 is 0 Å². The summed E-state index contributed by atoms with van der Waals surface area (Å²) in [5, 5.41) is 0. The minimum atomic E-state index is -2.05. The van der Waals surface area contributed by atoms with Crippen LogP contribution in [0.5, 0.6) is 0 Å². The van der Waals surface area contributed by atoms with Gasteiger partial charge in [-0.3, -0.25) is 0 Å². The third-order valence-corrected chi connectivity index (χ3v) is 0. The Kier molecular flexibility index (Phi) is 2.10. The van der Waals surface area contributed by atoms with Gasteiger partial charge in [0.2, 0.25) is 0 Å². The molecule has 0 saturated carbocycles. The summed E-state index contributed by atoms with van der Waals surface area (Å²) in [7, 11) is -2.05. The minimum absolute atomic E-state index is 2.05. The fourth-order valence-corrected chi connectivity index (χ4v) is 0. The van der Waals surface area contributed by atoms with E-state index < -0.39 is 7.65 Å². The molecule has 0 aliphatic rings. The Labute approximate surface area is 35.6 Å². The van der Waals surface area contributed by atoms with Crippen LogP contribution in [-0.2, 0) is 26.8 Å². The molecule has 0 amide bonds. The van der Waals surface area contributed by atoms with Gasteiger partial charge in [-0.25, -0.2) is 0 Å². The van der Waals surface area contributed by atoms with E-state index in [1.165, 1.54) is 0 Å². The molecule has 0 spiro atoms. The number of hydrogen-bond donors (Lipinski definition) is 0. The summed E-state index contributed by atoms with van der Waals surface area (Å²) in [6, 6.07) is 0. The van der Waals surface area contributed by atoms with Crippen molar-refractivity contribution in [1.29, 1.82) is 0 Å². The second-order valence-electron chi connectivity index (χ2n) is 0.169. The van der Waals surface area contributed by atoms with E-state index in [1.54, 1.807) is 0 Å². The Hall–Kier alpha value is 0.560. The van der Waals surface area contributed by atoms with Crippen molar-refractivity contribution < 1.29 is 27.6 Å². The average molecular weight is 172 g/mol. The van der Waals surface area contributed by atoms with Crippen molar-refractivity contribution in [2.24, 2.45) is 0 Å². The van der Waals surface area contributed by atoms with Crippen molar-refractivity contribution in [3.05, 3.63) is 0 Å². The molecule has 0 heterocycles. The summed E-state index contributed by atoms with van der Waals surface area (Å²) in [5.41, 5.74) is 0.